The summed E-state index contributed by atoms with van der Waals surface area (Å²) in [6.45, 7) is 0. The van der Waals surface area contributed by atoms with Crippen LogP contribution in [0.4, 0.5) is 0 Å². The van der Waals surface area contributed by atoms with Crippen LogP contribution in [-0.4, -0.2) is 9.97 Å². The Balaban J connectivity index is 1.89. The predicted molar refractivity (Wildman–Crippen MR) is 108 cm³/mol. The Morgan fingerprint density at radius 2 is 1.15 bits per heavy atom. The molecule has 0 atom stereocenters. The lowest BCUT2D eigenvalue weighted by atomic mass is 10.0. The van der Waals surface area contributed by atoms with E-state index in [1.165, 1.54) is 0 Å². The summed E-state index contributed by atoms with van der Waals surface area (Å²) >= 11 is 12.1. The molecule has 2 heterocycles. The Morgan fingerprint density at radius 3 is 1.77 bits per heavy atom. The molecule has 0 aliphatic carbocycles. The SMILES string of the molecule is Clc1ccc(-c2cc(-c3ccc(Cl)cc3)nc(-c3ccccn3)c2)cc1. The van der Waals surface area contributed by atoms with Gasteiger partial charge in [0.15, 0.2) is 0 Å². The van der Waals surface area contributed by atoms with E-state index >= 15 is 0 Å². The van der Waals surface area contributed by atoms with E-state index in [4.69, 9.17) is 28.2 Å². The molecule has 4 rings (SSSR count). The molecule has 0 fully saturated rings. The highest BCUT2D eigenvalue weighted by atomic mass is 35.5. The molecule has 2 aromatic heterocycles. The van der Waals surface area contributed by atoms with E-state index in [-0.39, 0.29) is 0 Å². The molecule has 0 bridgehead atoms. The lowest BCUT2D eigenvalue weighted by molar-refractivity contribution is 1.25. The average Bonchev–Trinajstić information content (AvgIpc) is 2.69. The molecule has 4 aromatic rings. The van der Waals surface area contributed by atoms with Crippen LogP contribution in [0.5, 0.6) is 0 Å². The molecular weight excluding hydrogens is 363 g/mol. The Morgan fingerprint density at radius 1 is 0.538 bits per heavy atom. The zero-order valence-electron chi connectivity index (χ0n) is 13.7. The van der Waals surface area contributed by atoms with Crippen molar-refractivity contribution in [2.24, 2.45) is 0 Å². The molecule has 4 heteroatoms. The fraction of sp³-hybridized carbons (Fsp3) is 0. The second-order valence-corrected chi connectivity index (χ2v) is 6.73. The number of hydrogen-bond donors (Lipinski definition) is 0. The Hall–Kier alpha value is -2.68. The fourth-order valence-electron chi connectivity index (χ4n) is 2.75. The number of aromatic nitrogens is 2. The van der Waals surface area contributed by atoms with E-state index in [0.29, 0.717) is 10.0 Å². The third-order valence-electron chi connectivity index (χ3n) is 4.07. The summed E-state index contributed by atoms with van der Waals surface area (Å²) in [5.74, 6) is 0. The van der Waals surface area contributed by atoms with Crippen molar-refractivity contribution in [3.8, 4) is 33.8 Å². The summed E-state index contributed by atoms with van der Waals surface area (Å²) in [6, 6.07) is 25.4. The van der Waals surface area contributed by atoms with E-state index in [1.54, 1.807) is 6.20 Å². The number of benzene rings is 2. The van der Waals surface area contributed by atoms with Crippen LogP contribution < -0.4 is 0 Å². The summed E-state index contributed by atoms with van der Waals surface area (Å²) in [7, 11) is 0. The van der Waals surface area contributed by atoms with Gasteiger partial charge in [0.1, 0.15) is 0 Å². The third-order valence-corrected chi connectivity index (χ3v) is 4.57. The van der Waals surface area contributed by atoms with Gasteiger partial charge in [0, 0.05) is 21.8 Å². The highest BCUT2D eigenvalue weighted by Gasteiger charge is 2.09. The van der Waals surface area contributed by atoms with Gasteiger partial charge in [-0.25, -0.2) is 4.98 Å². The van der Waals surface area contributed by atoms with Gasteiger partial charge in [-0.2, -0.15) is 0 Å². The van der Waals surface area contributed by atoms with E-state index < -0.39 is 0 Å². The van der Waals surface area contributed by atoms with Crippen LogP contribution in [-0.2, 0) is 0 Å². The van der Waals surface area contributed by atoms with Crippen molar-refractivity contribution in [2.45, 2.75) is 0 Å². The van der Waals surface area contributed by atoms with Crippen molar-refractivity contribution in [2.75, 3.05) is 0 Å². The van der Waals surface area contributed by atoms with E-state index in [2.05, 4.69) is 11.1 Å². The molecule has 126 valence electrons. The molecule has 2 nitrogen and oxygen atoms in total. The summed E-state index contributed by atoms with van der Waals surface area (Å²) in [4.78, 5) is 9.26. The normalized spacial score (nSPS) is 10.7. The molecule has 0 saturated heterocycles. The third kappa shape index (κ3) is 3.62. The molecule has 2 aromatic carbocycles. The van der Waals surface area contributed by atoms with Crippen LogP contribution in [0.15, 0.2) is 85.1 Å². The van der Waals surface area contributed by atoms with E-state index in [9.17, 15) is 0 Å². The first-order valence-electron chi connectivity index (χ1n) is 8.14. The van der Waals surface area contributed by atoms with Crippen molar-refractivity contribution < 1.29 is 0 Å². The van der Waals surface area contributed by atoms with Crippen LogP contribution >= 0.6 is 23.2 Å². The van der Waals surface area contributed by atoms with E-state index in [1.807, 2.05) is 72.8 Å². The summed E-state index contributed by atoms with van der Waals surface area (Å²) in [5, 5.41) is 1.42. The predicted octanol–water partition coefficient (Wildman–Crippen LogP) is 6.78. The standard InChI is InChI=1S/C22H14Cl2N2/c23-18-8-4-15(5-9-18)17-13-21(16-6-10-19(24)11-7-16)26-22(14-17)20-3-1-2-12-25-20/h1-14H. The van der Waals surface area contributed by atoms with Crippen LogP contribution in [0.25, 0.3) is 33.8 Å². The maximum atomic E-state index is 6.03. The maximum Gasteiger partial charge on any atom is 0.0899 e. The van der Waals surface area contributed by atoms with Gasteiger partial charge in [-0.3, -0.25) is 4.98 Å². The topological polar surface area (TPSA) is 25.8 Å². The van der Waals surface area contributed by atoms with Crippen molar-refractivity contribution in [3.63, 3.8) is 0 Å². The first kappa shape index (κ1) is 16.8. The monoisotopic (exact) mass is 376 g/mol. The van der Waals surface area contributed by atoms with Crippen molar-refractivity contribution >= 4 is 23.2 Å². The molecule has 0 aliphatic rings. The van der Waals surface area contributed by atoms with Crippen LogP contribution in [0.2, 0.25) is 10.0 Å². The highest BCUT2D eigenvalue weighted by Crippen LogP contribution is 2.30. The first-order chi connectivity index (χ1) is 12.7. The second kappa shape index (κ2) is 7.28. The summed E-state index contributed by atoms with van der Waals surface area (Å²) in [5.41, 5.74) is 5.66. The molecule has 0 saturated carbocycles. The number of nitrogens with zero attached hydrogens (tertiary/aromatic N) is 2. The van der Waals surface area contributed by atoms with Crippen molar-refractivity contribution in [1.29, 1.82) is 0 Å². The highest BCUT2D eigenvalue weighted by molar-refractivity contribution is 6.30. The zero-order chi connectivity index (χ0) is 17.9. The van der Waals surface area contributed by atoms with Gasteiger partial charge in [0.05, 0.1) is 17.1 Å². The molecule has 0 N–H and O–H groups in total. The first-order valence-corrected chi connectivity index (χ1v) is 8.90. The zero-order valence-corrected chi connectivity index (χ0v) is 15.2. The minimum Gasteiger partial charge on any atom is -0.255 e. The largest absolute Gasteiger partial charge is 0.255 e. The summed E-state index contributed by atoms with van der Waals surface area (Å²) in [6.07, 6.45) is 1.77. The van der Waals surface area contributed by atoms with Gasteiger partial charge in [-0.1, -0.05) is 53.5 Å². The Labute approximate surface area is 162 Å². The molecule has 26 heavy (non-hydrogen) atoms. The molecule has 0 aliphatic heterocycles. The molecular formula is C22H14Cl2N2. The fourth-order valence-corrected chi connectivity index (χ4v) is 3.01. The van der Waals surface area contributed by atoms with Crippen LogP contribution in [0.3, 0.4) is 0 Å². The number of halogens is 2. The maximum absolute atomic E-state index is 6.03. The van der Waals surface area contributed by atoms with Gasteiger partial charge < -0.3 is 0 Å². The smallest absolute Gasteiger partial charge is 0.0899 e. The molecule has 0 unspecified atom stereocenters. The van der Waals surface area contributed by atoms with Crippen molar-refractivity contribution in [3.05, 3.63) is 95.1 Å². The van der Waals surface area contributed by atoms with Gasteiger partial charge >= 0.3 is 0 Å². The van der Waals surface area contributed by atoms with Gasteiger partial charge in [0.25, 0.3) is 0 Å². The van der Waals surface area contributed by atoms with Crippen molar-refractivity contribution in [1.82, 2.24) is 9.97 Å². The van der Waals surface area contributed by atoms with Crippen LogP contribution in [0, 0.1) is 0 Å². The van der Waals surface area contributed by atoms with Gasteiger partial charge in [0.2, 0.25) is 0 Å². The van der Waals surface area contributed by atoms with Gasteiger partial charge in [-0.15, -0.1) is 0 Å². The number of hydrogen-bond acceptors (Lipinski definition) is 2. The lowest BCUT2D eigenvalue weighted by Gasteiger charge is -2.10. The Bertz CT molecular complexity index is 964. The minimum atomic E-state index is 0.701. The average molecular weight is 377 g/mol. The molecule has 0 spiro atoms. The number of rotatable bonds is 3. The molecule has 0 radical (unpaired) electrons. The van der Waals surface area contributed by atoms with Crippen LogP contribution in [0.1, 0.15) is 0 Å². The van der Waals surface area contributed by atoms with Gasteiger partial charge in [-0.05, 0) is 59.7 Å². The summed E-state index contributed by atoms with van der Waals surface area (Å²) < 4.78 is 0. The minimum absolute atomic E-state index is 0.701. The lowest BCUT2D eigenvalue weighted by Crippen LogP contribution is -1.92. The molecule has 0 amide bonds. The quantitative estimate of drug-likeness (QED) is 0.393. The Kier molecular flexibility index (Phi) is 4.70. The number of pyridine rings is 2. The van der Waals surface area contributed by atoms with E-state index in [0.717, 1.165) is 33.8 Å². The second-order valence-electron chi connectivity index (χ2n) is 5.86.